The Morgan fingerprint density at radius 3 is 2.46 bits per heavy atom. The lowest BCUT2D eigenvalue weighted by molar-refractivity contribution is -0.128. The summed E-state index contributed by atoms with van der Waals surface area (Å²) >= 11 is 7.91. The minimum absolute atomic E-state index is 0.0888. The fraction of sp³-hybridized carbons (Fsp3) is 0.143. The van der Waals surface area contributed by atoms with Crippen LogP contribution in [0.25, 0.3) is 5.69 Å². The van der Waals surface area contributed by atoms with Crippen LogP contribution in [0.2, 0.25) is 5.15 Å². The van der Waals surface area contributed by atoms with Crippen molar-refractivity contribution in [2.24, 2.45) is 5.10 Å². The summed E-state index contributed by atoms with van der Waals surface area (Å²) in [5.74, 6) is 0.208. The van der Waals surface area contributed by atoms with E-state index in [0.29, 0.717) is 28.6 Å². The smallest absolute Gasteiger partial charge is 0.271 e. The molecular formula is C28H24ClN5O2S. The number of hydrogen-bond donors (Lipinski definition) is 1. The molecule has 0 saturated carbocycles. The number of aromatic nitrogens is 2. The third-order valence-corrected chi connectivity index (χ3v) is 7.64. The minimum atomic E-state index is -0.344. The summed E-state index contributed by atoms with van der Waals surface area (Å²) in [5.41, 5.74) is 7.40. The van der Waals surface area contributed by atoms with Gasteiger partial charge in [-0.2, -0.15) is 10.2 Å². The molecule has 4 aromatic rings. The molecule has 1 fully saturated rings. The lowest BCUT2D eigenvalue weighted by Crippen LogP contribution is -2.27. The zero-order chi connectivity index (χ0) is 25.8. The molecule has 2 heterocycles. The number of benzene rings is 3. The van der Waals surface area contributed by atoms with Crippen molar-refractivity contribution >= 4 is 41.4 Å². The van der Waals surface area contributed by atoms with Crippen molar-refractivity contribution < 1.29 is 9.59 Å². The number of hydrazone groups is 1. The van der Waals surface area contributed by atoms with Gasteiger partial charge in [-0.1, -0.05) is 72.3 Å². The summed E-state index contributed by atoms with van der Waals surface area (Å²) in [7, 11) is 0. The van der Waals surface area contributed by atoms with Gasteiger partial charge in [0.25, 0.3) is 5.91 Å². The maximum Gasteiger partial charge on any atom is 0.271 e. The standard InChI is InChI=1S/C28H24ClN5O2S/c1-19-24(26(29)32-34(19)23-10-6-3-7-11-23)16-30-31-27(36)21-12-14-22(15-13-21)28-33(25(35)18-37-28)17-20-8-4-2-5-9-20/h2-16,28H,17-18H2,1H3,(H,31,36)/b30-16-/t28-/m0/s1. The molecule has 1 aliphatic rings. The molecule has 0 bridgehead atoms. The van der Waals surface area contributed by atoms with Crippen LogP contribution >= 0.6 is 23.4 Å². The van der Waals surface area contributed by atoms with Gasteiger partial charge in [-0.3, -0.25) is 9.59 Å². The topological polar surface area (TPSA) is 79.6 Å². The Kier molecular flexibility index (Phi) is 7.39. The Hall–Kier alpha value is -3.88. The van der Waals surface area contributed by atoms with E-state index in [4.69, 9.17) is 11.6 Å². The SMILES string of the molecule is Cc1c(/C=N\NC(=O)c2ccc([C@@H]3SCC(=O)N3Cc3ccccc3)cc2)c(Cl)nn1-c1ccccc1. The summed E-state index contributed by atoms with van der Waals surface area (Å²) < 4.78 is 1.73. The number of rotatable bonds is 7. The van der Waals surface area contributed by atoms with E-state index in [2.05, 4.69) is 15.6 Å². The maximum absolute atomic E-state index is 12.7. The molecule has 1 aliphatic heterocycles. The van der Waals surface area contributed by atoms with Crippen molar-refractivity contribution in [3.05, 3.63) is 118 Å². The first-order valence-electron chi connectivity index (χ1n) is 11.7. The normalized spacial score (nSPS) is 15.5. The highest BCUT2D eigenvalue weighted by Gasteiger charge is 2.32. The number of hydrogen-bond acceptors (Lipinski definition) is 5. The highest BCUT2D eigenvalue weighted by atomic mass is 35.5. The third-order valence-electron chi connectivity index (χ3n) is 6.10. The van der Waals surface area contributed by atoms with Crippen LogP contribution < -0.4 is 5.43 Å². The molecule has 1 saturated heterocycles. The van der Waals surface area contributed by atoms with Crippen molar-refractivity contribution in [2.75, 3.05) is 5.75 Å². The lowest BCUT2D eigenvalue weighted by atomic mass is 10.1. The number of carbonyl (C=O) groups excluding carboxylic acids is 2. The second kappa shape index (κ2) is 11.0. The van der Waals surface area contributed by atoms with Gasteiger partial charge in [-0.15, -0.1) is 11.8 Å². The van der Waals surface area contributed by atoms with Gasteiger partial charge in [0.1, 0.15) is 5.37 Å². The Labute approximate surface area is 224 Å². The van der Waals surface area contributed by atoms with E-state index >= 15 is 0 Å². The van der Waals surface area contributed by atoms with Crippen molar-refractivity contribution in [1.29, 1.82) is 0 Å². The lowest BCUT2D eigenvalue weighted by Gasteiger charge is -2.24. The van der Waals surface area contributed by atoms with Crippen molar-refractivity contribution in [3.63, 3.8) is 0 Å². The van der Waals surface area contributed by atoms with E-state index in [9.17, 15) is 9.59 Å². The Bertz CT molecular complexity index is 1440. The van der Waals surface area contributed by atoms with Crippen LogP contribution in [0.5, 0.6) is 0 Å². The van der Waals surface area contributed by atoms with Gasteiger partial charge >= 0.3 is 0 Å². The Balaban J connectivity index is 1.24. The molecule has 0 radical (unpaired) electrons. The number of nitrogens with one attached hydrogen (secondary N) is 1. The van der Waals surface area contributed by atoms with Crippen LogP contribution in [0.1, 0.15) is 38.1 Å². The van der Waals surface area contributed by atoms with Gasteiger partial charge < -0.3 is 4.90 Å². The van der Waals surface area contributed by atoms with Crippen molar-refractivity contribution in [2.45, 2.75) is 18.8 Å². The molecule has 9 heteroatoms. The van der Waals surface area contributed by atoms with Crippen LogP contribution in [0.15, 0.2) is 90.0 Å². The van der Waals surface area contributed by atoms with E-state index in [0.717, 1.165) is 22.5 Å². The monoisotopic (exact) mass is 529 g/mol. The maximum atomic E-state index is 12.7. The summed E-state index contributed by atoms with van der Waals surface area (Å²) in [4.78, 5) is 27.1. The van der Waals surface area contributed by atoms with Crippen LogP contribution in [-0.2, 0) is 11.3 Å². The van der Waals surface area contributed by atoms with Crippen LogP contribution in [0.3, 0.4) is 0 Å². The fourth-order valence-electron chi connectivity index (χ4n) is 4.15. The Morgan fingerprint density at radius 1 is 1.08 bits per heavy atom. The molecule has 186 valence electrons. The first-order chi connectivity index (χ1) is 18.0. The summed E-state index contributed by atoms with van der Waals surface area (Å²) in [5, 5.41) is 8.68. The zero-order valence-corrected chi connectivity index (χ0v) is 21.6. The molecule has 0 unspecified atom stereocenters. The Morgan fingerprint density at radius 2 is 1.76 bits per heavy atom. The van der Waals surface area contributed by atoms with Gasteiger partial charge in [-0.05, 0) is 42.3 Å². The number of amides is 2. The van der Waals surface area contributed by atoms with Crippen molar-refractivity contribution in [3.8, 4) is 5.69 Å². The van der Waals surface area contributed by atoms with Crippen LogP contribution in [0, 0.1) is 6.92 Å². The first kappa shape index (κ1) is 24.8. The number of nitrogens with zero attached hydrogens (tertiary/aromatic N) is 4. The third kappa shape index (κ3) is 5.45. The number of halogens is 1. The van der Waals surface area contributed by atoms with E-state index in [-0.39, 0.29) is 17.2 Å². The summed E-state index contributed by atoms with van der Waals surface area (Å²) in [6, 6.07) is 26.8. The van der Waals surface area contributed by atoms with Gasteiger partial charge in [0.15, 0.2) is 5.15 Å². The first-order valence-corrected chi connectivity index (χ1v) is 13.1. The second-order valence-electron chi connectivity index (χ2n) is 8.53. The molecule has 0 spiro atoms. The molecule has 5 rings (SSSR count). The molecule has 1 N–H and O–H groups in total. The van der Waals surface area contributed by atoms with Crippen LogP contribution in [0.4, 0.5) is 0 Å². The fourth-order valence-corrected chi connectivity index (χ4v) is 5.60. The molecule has 1 atom stereocenters. The van der Waals surface area contributed by atoms with E-state index in [1.165, 1.54) is 6.21 Å². The second-order valence-corrected chi connectivity index (χ2v) is 9.96. The average molecular weight is 530 g/mol. The number of thioether (sulfide) groups is 1. The van der Waals surface area contributed by atoms with Gasteiger partial charge in [0.05, 0.1) is 28.9 Å². The van der Waals surface area contributed by atoms with E-state index < -0.39 is 0 Å². The molecule has 1 aromatic heterocycles. The largest absolute Gasteiger partial charge is 0.322 e. The summed E-state index contributed by atoms with van der Waals surface area (Å²) in [6.07, 6.45) is 1.50. The average Bonchev–Trinajstić information content (AvgIpc) is 3.43. The molecule has 0 aliphatic carbocycles. The number of carbonyl (C=O) groups is 2. The van der Waals surface area contributed by atoms with Gasteiger partial charge in [0, 0.05) is 12.1 Å². The molecule has 37 heavy (non-hydrogen) atoms. The minimum Gasteiger partial charge on any atom is -0.322 e. The highest BCUT2D eigenvalue weighted by Crippen LogP contribution is 2.39. The van der Waals surface area contributed by atoms with Gasteiger partial charge in [0.2, 0.25) is 5.91 Å². The predicted octanol–water partition coefficient (Wildman–Crippen LogP) is 5.37. The van der Waals surface area contributed by atoms with Gasteiger partial charge in [-0.25, -0.2) is 10.1 Å². The molecule has 3 aromatic carbocycles. The molecule has 7 nitrogen and oxygen atoms in total. The molecule has 2 amide bonds. The van der Waals surface area contributed by atoms with E-state index in [1.54, 1.807) is 28.6 Å². The highest BCUT2D eigenvalue weighted by molar-refractivity contribution is 8.00. The quantitative estimate of drug-likeness (QED) is 0.258. The number of para-hydroxylation sites is 1. The van der Waals surface area contributed by atoms with Crippen molar-refractivity contribution in [1.82, 2.24) is 20.1 Å². The molecular weight excluding hydrogens is 506 g/mol. The predicted molar refractivity (Wildman–Crippen MR) is 147 cm³/mol. The van der Waals surface area contributed by atoms with E-state index in [1.807, 2.05) is 84.6 Å². The summed E-state index contributed by atoms with van der Waals surface area (Å²) in [6.45, 7) is 2.44. The van der Waals surface area contributed by atoms with Crippen LogP contribution in [-0.4, -0.2) is 38.5 Å². The zero-order valence-electron chi connectivity index (χ0n) is 20.0.